The molecule has 0 radical (unpaired) electrons. The van der Waals surface area contributed by atoms with Gasteiger partial charge in [0.15, 0.2) is 0 Å². The molecule has 0 aliphatic heterocycles. The Hall–Kier alpha value is -1.06. The molecule has 0 saturated carbocycles. The summed E-state index contributed by atoms with van der Waals surface area (Å²) >= 11 is 5.98. The van der Waals surface area contributed by atoms with Crippen LogP contribution in [0.4, 0.5) is 5.69 Å². The number of carbonyl (C=O) groups is 1. The Kier molecular flexibility index (Phi) is 4.97. The molecule has 0 spiro atoms. The van der Waals surface area contributed by atoms with Crippen LogP contribution >= 0.6 is 11.6 Å². The van der Waals surface area contributed by atoms with Gasteiger partial charge in [0, 0.05) is 10.7 Å². The van der Waals surface area contributed by atoms with Crippen molar-refractivity contribution in [2.75, 3.05) is 5.32 Å². The molecule has 0 heterocycles. The zero-order valence-corrected chi connectivity index (χ0v) is 11.2. The van der Waals surface area contributed by atoms with E-state index in [9.17, 15) is 4.79 Å². The number of rotatable bonds is 4. The molecule has 2 atom stereocenters. The number of nitrogens with one attached hydrogen (secondary N) is 1. The first-order valence-electron chi connectivity index (χ1n) is 5.79. The van der Waals surface area contributed by atoms with Crippen LogP contribution in [0.1, 0.15) is 25.8 Å². The molecule has 0 saturated heterocycles. The van der Waals surface area contributed by atoms with Crippen LogP contribution in [0.2, 0.25) is 5.02 Å². The van der Waals surface area contributed by atoms with Gasteiger partial charge in [0.05, 0.1) is 6.04 Å². The highest BCUT2D eigenvalue weighted by molar-refractivity contribution is 6.31. The van der Waals surface area contributed by atoms with Gasteiger partial charge in [0.25, 0.3) is 0 Å². The molecule has 0 bridgehead atoms. The lowest BCUT2D eigenvalue weighted by atomic mass is 9.99. The van der Waals surface area contributed by atoms with Crippen molar-refractivity contribution in [2.45, 2.75) is 33.2 Å². The van der Waals surface area contributed by atoms with Gasteiger partial charge < -0.3 is 11.1 Å². The number of amides is 1. The summed E-state index contributed by atoms with van der Waals surface area (Å²) in [5, 5.41) is 3.46. The van der Waals surface area contributed by atoms with Crippen molar-refractivity contribution in [3.8, 4) is 0 Å². The fourth-order valence-electron chi connectivity index (χ4n) is 1.47. The molecule has 0 fully saturated rings. The highest BCUT2D eigenvalue weighted by Gasteiger charge is 2.19. The van der Waals surface area contributed by atoms with Crippen molar-refractivity contribution in [2.24, 2.45) is 11.7 Å². The Balaban J connectivity index is 2.78. The van der Waals surface area contributed by atoms with E-state index >= 15 is 0 Å². The number of hydrogen-bond acceptors (Lipinski definition) is 2. The van der Waals surface area contributed by atoms with E-state index in [0.717, 1.165) is 17.7 Å². The summed E-state index contributed by atoms with van der Waals surface area (Å²) < 4.78 is 0. The highest BCUT2D eigenvalue weighted by atomic mass is 35.5. The predicted octanol–water partition coefficient (Wildman–Crippen LogP) is 2.96. The molecule has 0 aliphatic carbocycles. The van der Waals surface area contributed by atoms with Crippen molar-refractivity contribution >= 4 is 23.2 Å². The minimum absolute atomic E-state index is 0.162. The number of hydrogen-bond donors (Lipinski definition) is 2. The lowest BCUT2D eigenvalue weighted by Crippen LogP contribution is -2.40. The van der Waals surface area contributed by atoms with Crippen molar-refractivity contribution in [1.29, 1.82) is 0 Å². The minimum Gasteiger partial charge on any atom is -0.324 e. The third kappa shape index (κ3) is 3.45. The average molecular weight is 255 g/mol. The zero-order valence-electron chi connectivity index (χ0n) is 10.5. The van der Waals surface area contributed by atoms with Crippen LogP contribution in [-0.4, -0.2) is 11.9 Å². The third-order valence-corrected chi connectivity index (χ3v) is 3.49. The third-order valence-electron chi connectivity index (χ3n) is 3.09. The second-order valence-corrected chi connectivity index (χ2v) is 4.72. The SMILES string of the molecule is CCC(C)C(N)C(=O)Nc1cccc(Cl)c1C. The monoisotopic (exact) mass is 254 g/mol. The van der Waals surface area contributed by atoms with Crippen LogP contribution < -0.4 is 11.1 Å². The smallest absolute Gasteiger partial charge is 0.241 e. The fourth-order valence-corrected chi connectivity index (χ4v) is 1.65. The molecule has 17 heavy (non-hydrogen) atoms. The van der Waals surface area contributed by atoms with Crippen LogP contribution in [0, 0.1) is 12.8 Å². The van der Waals surface area contributed by atoms with E-state index in [1.165, 1.54) is 0 Å². The lowest BCUT2D eigenvalue weighted by molar-refractivity contribution is -0.118. The highest BCUT2D eigenvalue weighted by Crippen LogP contribution is 2.23. The number of halogens is 1. The molecule has 3 N–H and O–H groups in total. The average Bonchev–Trinajstić information content (AvgIpc) is 2.32. The van der Waals surface area contributed by atoms with E-state index in [2.05, 4.69) is 5.32 Å². The molecule has 94 valence electrons. The predicted molar refractivity (Wildman–Crippen MR) is 72.2 cm³/mol. The molecular formula is C13H19ClN2O. The molecule has 3 nitrogen and oxygen atoms in total. The number of anilines is 1. The van der Waals surface area contributed by atoms with Crippen molar-refractivity contribution in [3.05, 3.63) is 28.8 Å². The van der Waals surface area contributed by atoms with Crippen molar-refractivity contribution < 1.29 is 4.79 Å². The molecule has 1 aromatic carbocycles. The van der Waals surface area contributed by atoms with Gasteiger partial charge in [0.2, 0.25) is 5.91 Å². The summed E-state index contributed by atoms with van der Waals surface area (Å²) in [7, 11) is 0. The fraction of sp³-hybridized carbons (Fsp3) is 0.462. The van der Waals surface area contributed by atoms with Crippen LogP contribution in [-0.2, 0) is 4.79 Å². The number of benzene rings is 1. The maximum atomic E-state index is 11.9. The molecule has 2 unspecified atom stereocenters. The van der Waals surface area contributed by atoms with Gasteiger partial charge in [-0.1, -0.05) is 37.9 Å². The molecule has 0 aliphatic rings. The number of carbonyl (C=O) groups excluding carboxylic acids is 1. The van der Waals surface area contributed by atoms with Crippen molar-refractivity contribution in [1.82, 2.24) is 0 Å². The van der Waals surface area contributed by atoms with E-state index in [0.29, 0.717) is 5.02 Å². The Morgan fingerprint density at radius 3 is 2.76 bits per heavy atom. The summed E-state index contributed by atoms with van der Waals surface area (Å²) in [6.07, 6.45) is 0.878. The maximum Gasteiger partial charge on any atom is 0.241 e. The van der Waals surface area contributed by atoms with Gasteiger partial charge in [0.1, 0.15) is 0 Å². The van der Waals surface area contributed by atoms with Gasteiger partial charge in [-0.25, -0.2) is 0 Å². The maximum absolute atomic E-state index is 11.9. The van der Waals surface area contributed by atoms with Crippen LogP contribution in [0.5, 0.6) is 0 Å². The van der Waals surface area contributed by atoms with Crippen LogP contribution in [0.3, 0.4) is 0 Å². The quantitative estimate of drug-likeness (QED) is 0.868. The van der Waals surface area contributed by atoms with Gasteiger partial charge in [-0.2, -0.15) is 0 Å². The summed E-state index contributed by atoms with van der Waals surface area (Å²) in [5.74, 6) is -0.000734. The Morgan fingerprint density at radius 2 is 2.18 bits per heavy atom. The molecule has 1 rings (SSSR count). The van der Waals surface area contributed by atoms with Gasteiger partial charge in [-0.05, 0) is 30.5 Å². The largest absolute Gasteiger partial charge is 0.324 e. The van der Waals surface area contributed by atoms with Crippen LogP contribution in [0.15, 0.2) is 18.2 Å². The minimum atomic E-state index is -0.488. The summed E-state index contributed by atoms with van der Waals surface area (Å²) in [4.78, 5) is 11.9. The topological polar surface area (TPSA) is 55.1 Å². The molecule has 4 heteroatoms. The normalized spacial score (nSPS) is 14.2. The first-order valence-corrected chi connectivity index (χ1v) is 6.16. The van der Waals surface area contributed by atoms with E-state index in [4.69, 9.17) is 17.3 Å². The standard InChI is InChI=1S/C13H19ClN2O/c1-4-8(2)12(15)13(17)16-11-7-5-6-10(14)9(11)3/h5-8,12H,4,15H2,1-3H3,(H,16,17). The first-order chi connectivity index (χ1) is 7.97. The summed E-state index contributed by atoms with van der Waals surface area (Å²) in [6.45, 7) is 5.85. The Bertz CT molecular complexity index is 406. The lowest BCUT2D eigenvalue weighted by Gasteiger charge is -2.18. The van der Waals surface area contributed by atoms with E-state index < -0.39 is 6.04 Å². The van der Waals surface area contributed by atoms with E-state index in [1.807, 2.05) is 26.8 Å². The van der Waals surface area contributed by atoms with Gasteiger partial charge in [-0.15, -0.1) is 0 Å². The summed E-state index contributed by atoms with van der Waals surface area (Å²) in [6, 6.07) is 4.93. The molecule has 1 aromatic rings. The second-order valence-electron chi connectivity index (χ2n) is 4.31. The molecule has 0 aromatic heterocycles. The first kappa shape index (κ1) is 14.0. The molecule has 1 amide bonds. The van der Waals surface area contributed by atoms with E-state index in [1.54, 1.807) is 12.1 Å². The Labute approximate surface area is 107 Å². The van der Waals surface area contributed by atoms with Gasteiger partial charge >= 0.3 is 0 Å². The summed E-state index contributed by atoms with van der Waals surface area (Å²) in [5.41, 5.74) is 7.45. The second kappa shape index (κ2) is 6.03. The van der Waals surface area contributed by atoms with E-state index in [-0.39, 0.29) is 11.8 Å². The zero-order chi connectivity index (χ0) is 13.0. The van der Waals surface area contributed by atoms with Crippen molar-refractivity contribution in [3.63, 3.8) is 0 Å². The van der Waals surface area contributed by atoms with Crippen LogP contribution in [0.25, 0.3) is 0 Å². The van der Waals surface area contributed by atoms with Gasteiger partial charge in [-0.3, -0.25) is 4.79 Å². The molecular weight excluding hydrogens is 236 g/mol. The number of nitrogens with two attached hydrogens (primary N) is 1. The Morgan fingerprint density at radius 1 is 1.53 bits per heavy atom.